The molecule has 2 aromatic carbocycles. The van der Waals surface area contributed by atoms with Crippen LogP contribution in [0.5, 0.6) is 0 Å². The van der Waals surface area contributed by atoms with E-state index in [9.17, 15) is 14.0 Å². The molecule has 190 valence electrons. The molecule has 0 radical (unpaired) electrons. The van der Waals surface area contributed by atoms with Gasteiger partial charge in [-0.1, -0.05) is 35.3 Å². The molecule has 2 amide bonds. The van der Waals surface area contributed by atoms with Crippen molar-refractivity contribution in [3.63, 3.8) is 0 Å². The summed E-state index contributed by atoms with van der Waals surface area (Å²) in [6.07, 6.45) is 5.61. The molecule has 3 heterocycles. The van der Waals surface area contributed by atoms with E-state index in [-0.39, 0.29) is 23.5 Å². The number of nitrogens with zero attached hydrogens (tertiary/aromatic N) is 3. The Hall–Kier alpha value is -2.77. The highest BCUT2D eigenvalue weighted by molar-refractivity contribution is 6.30. The van der Waals surface area contributed by atoms with Gasteiger partial charge in [-0.25, -0.2) is 4.39 Å². The van der Waals surface area contributed by atoms with Crippen molar-refractivity contribution in [2.75, 3.05) is 26.2 Å². The van der Waals surface area contributed by atoms with Crippen LogP contribution in [-0.4, -0.2) is 52.9 Å². The average molecular weight is 512 g/mol. The van der Waals surface area contributed by atoms with Gasteiger partial charge in [-0.05, 0) is 75.1 Å². The van der Waals surface area contributed by atoms with Crippen molar-refractivity contribution in [2.24, 2.45) is 0 Å². The minimum Gasteiger partial charge on any atom is -0.356 e. The zero-order chi connectivity index (χ0) is 25.1. The van der Waals surface area contributed by atoms with Crippen LogP contribution in [0.25, 0.3) is 11.0 Å². The summed E-state index contributed by atoms with van der Waals surface area (Å²) in [5, 5.41) is 5.79. The summed E-state index contributed by atoms with van der Waals surface area (Å²) in [5.74, 6) is -0.178. The van der Waals surface area contributed by atoms with Crippen LogP contribution in [0.2, 0.25) is 5.02 Å². The summed E-state index contributed by atoms with van der Waals surface area (Å²) in [4.78, 5) is 29.2. The molecule has 2 aliphatic rings. The molecule has 0 bridgehead atoms. The van der Waals surface area contributed by atoms with E-state index < -0.39 is 0 Å². The summed E-state index contributed by atoms with van der Waals surface area (Å²) >= 11 is 5.95. The monoisotopic (exact) mass is 511 g/mol. The van der Waals surface area contributed by atoms with Crippen LogP contribution in [0.4, 0.5) is 4.39 Å². The number of imide groups is 1. The van der Waals surface area contributed by atoms with Crippen LogP contribution in [0.3, 0.4) is 0 Å². The Balaban J connectivity index is 1.01. The second-order valence-corrected chi connectivity index (χ2v) is 10.4. The average Bonchev–Trinajstić information content (AvgIpc) is 3.29. The third-order valence-corrected chi connectivity index (χ3v) is 7.83. The summed E-state index contributed by atoms with van der Waals surface area (Å²) in [5.41, 5.74) is 2.45. The highest BCUT2D eigenvalue weighted by Gasteiger charge is 2.33. The SMILES string of the molecule is O=C1CC(c2ccc(Cl)cc2)CC(=O)N1CCCCCN1CCC(c2noc3cc(F)ccc23)CC1. The van der Waals surface area contributed by atoms with Crippen molar-refractivity contribution in [3.8, 4) is 0 Å². The van der Waals surface area contributed by atoms with Crippen LogP contribution in [0, 0.1) is 5.82 Å². The zero-order valence-electron chi connectivity index (χ0n) is 20.3. The predicted octanol–water partition coefficient (Wildman–Crippen LogP) is 5.90. The van der Waals surface area contributed by atoms with Crippen molar-refractivity contribution in [2.45, 2.75) is 56.8 Å². The molecule has 1 aromatic heterocycles. The summed E-state index contributed by atoms with van der Waals surface area (Å²) < 4.78 is 18.8. The molecule has 5 rings (SSSR count). The van der Waals surface area contributed by atoms with Gasteiger partial charge in [0.05, 0.1) is 5.69 Å². The molecular weight excluding hydrogens is 481 g/mol. The van der Waals surface area contributed by atoms with Gasteiger partial charge in [-0.3, -0.25) is 14.5 Å². The molecule has 2 fully saturated rings. The minimum atomic E-state index is -0.309. The fourth-order valence-corrected chi connectivity index (χ4v) is 5.64. The van der Waals surface area contributed by atoms with Crippen LogP contribution in [-0.2, 0) is 9.59 Å². The maximum Gasteiger partial charge on any atom is 0.229 e. The number of piperidine rings is 2. The molecular formula is C28H31ClFN3O3. The molecule has 0 unspecified atom stereocenters. The molecule has 3 aromatic rings. The van der Waals surface area contributed by atoms with E-state index in [1.54, 1.807) is 18.2 Å². The van der Waals surface area contributed by atoms with Crippen molar-refractivity contribution in [3.05, 3.63) is 64.6 Å². The van der Waals surface area contributed by atoms with E-state index in [4.69, 9.17) is 16.1 Å². The van der Waals surface area contributed by atoms with E-state index in [2.05, 4.69) is 10.1 Å². The first-order valence-corrected chi connectivity index (χ1v) is 13.2. The van der Waals surface area contributed by atoms with Crippen LogP contribution in [0.1, 0.15) is 68.0 Å². The zero-order valence-corrected chi connectivity index (χ0v) is 21.1. The first-order chi connectivity index (χ1) is 17.5. The Labute approximate surface area is 215 Å². The fourth-order valence-electron chi connectivity index (χ4n) is 5.51. The van der Waals surface area contributed by atoms with Crippen molar-refractivity contribution in [1.82, 2.24) is 15.0 Å². The Morgan fingerprint density at radius 3 is 2.33 bits per heavy atom. The van der Waals surface area contributed by atoms with Gasteiger partial charge in [0.25, 0.3) is 0 Å². The largest absolute Gasteiger partial charge is 0.356 e. The van der Waals surface area contributed by atoms with Crippen LogP contribution >= 0.6 is 11.6 Å². The number of unbranched alkanes of at least 4 members (excludes halogenated alkanes) is 2. The number of amides is 2. The molecule has 6 nitrogen and oxygen atoms in total. The highest BCUT2D eigenvalue weighted by Crippen LogP contribution is 2.33. The molecule has 0 N–H and O–H groups in total. The third-order valence-electron chi connectivity index (χ3n) is 7.58. The lowest BCUT2D eigenvalue weighted by atomic mass is 9.88. The number of hydrogen-bond donors (Lipinski definition) is 0. The number of fused-ring (bicyclic) bond motifs is 1. The topological polar surface area (TPSA) is 66.7 Å². The van der Waals surface area contributed by atoms with E-state index in [0.29, 0.717) is 35.9 Å². The van der Waals surface area contributed by atoms with Gasteiger partial charge in [-0.2, -0.15) is 0 Å². The summed E-state index contributed by atoms with van der Waals surface area (Å²) in [7, 11) is 0. The first kappa shape index (κ1) is 24.9. The quantitative estimate of drug-likeness (QED) is 0.278. The van der Waals surface area contributed by atoms with Gasteiger partial charge in [0, 0.05) is 47.7 Å². The number of rotatable bonds is 8. The Kier molecular flexibility index (Phi) is 7.67. The standard InChI is InChI=1S/C28H31ClFN3O3/c29-22-6-4-19(5-7-22)21-16-26(34)33(27(35)17-21)13-3-1-2-12-32-14-10-20(11-15-32)28-24-9-8-23(30)18-25(24)36-31-28/h4-9,18,20-21H,1-3,10-17H2. The third kappa shape index (κ3) is 5.62. The second kappa shape index (κ2) is 11.1. The number of hydrogen-bond acceptors (Lipinski definition) is 5. The fraction of sp³-hybridized carbons (Fsp3) is 0.464. The maximum absolute atomic E-state index is 13.4. The first-order valence-electron chi connectivity index (χ1n) is 12.8. The Morgan fingerprint density at radius 1 is 0.917 bits per heavy atom. The summed E-state index contributed by atoms with van der Waals surface area (Å²) in [6, 6.07) is 12.0. The lowest BCUT2D eigenvalue weighted by molar-refractivity contribution is -0.148. The van der Waals surface area contributed by atoms with Gasteiger partial charge in [0.2, 0.25) is 11.8 Å². The number of aromatic nitrogens is 1. The lowest BCUT2D eigenvalue weighted by Crippen LogP contribution is -2.43. The van der Waals surface area contributed by atoms with Gasteiger partial charge < -0.3 is 9.42 Å². The highest BCUT2D eigenvalue weighted by atomic mass is 35.5. The molecule has 0 aliphatic carbocycles. The molecule has 0 saturated carbocycles. The summed E-state index contributed by atoms with van der Waals surface area (Å²) in [6.45, 7) is 3.51. The number of halogens is 2. The van der Waals surface area contributed by atoms with E-state index in [1.165, 1.54) is 17.0 Å². The molecule has 0 spiro atoms. The van der Waals surface area contributed by atoms with Crippen molar-refractivity contribution in [1.29, 1.82) is 0 Å². The van der Waals surface area contributed by atoms with Gasteiger partial charge in [0.15, 0.2) is 5.58 Å². The number of carbonyl (C=O) groups excluding carboxylic acids is 2. The van der Waals surface area contributed by atoms with Crippen molar-refractivity contribution >= 4 is 34.4 Å². The van der Waals surface area contributed by atoms with E-state index in [0.717, 1.165) is 68.4 Å². The molecule has 0 atom stereocenters. The van der Waals surface area contributed by atoms with E-state index in [1.807, 2.05) is 12.1 Å². The molecule has 36 heavy (non-hydrogen) atoms. The van der Waals surface area contributed by atoms with Crippen molar-refractivity contribution < 1.29 is 18.5 Å². The Bertz CT molecular complexity index is 1200. The maximum atomic E-state index is 13.4. The van der Waals surface area contributed by atoms with E-state index >= 15 is 0 Å². The van der Waals surface area contributed by atoms with Gasteiger partial charge in [-0.15, -0.1) is 0 Å². The second-order valence-electron chi connectivity index (χ2n) is 9.98. The molecule has 2 aliphatic heterocycles. The smallest absolute Gasteiger partial charge is 0.229 e. The number of carbonyl (C=O) groups is 2. The van der Waals surface area contributed by atoms with Gasteiger partial charge >= 0.3 is 0 Å². The minimum absolute atomic E-state index is 0.0575. The number of benzene rings is 2. The molecule has 8 heteroatoms. The Morgan fingerprint density at radius 2 is 1.61 bits per heavy atom. The van der Waals surface area contributed by atoms with Gasteiger partial charge in [0.1, 0.15) is 5.82 Å². The lowest BCUT2D eigenvalue weighted by Gasteiger charge is -2.31. The molecule has 2 saturated heterocycles. The van der Waals surface area contributed by atoms with Crippen LogP contribution < -0.4 is 0 Å². The normalized spacial score (nSPS) is 18.4. The predicted molar refractivity (Wildman–Crippen MR) is 136 cm³/mol. The van der Waals surface area contributed by atoms with Crippen LogP contribution in [0.15, 0.2) is 47.0 Å². The number of likely N-dealkylation sites (tertiary alicyclic amines) is 2.